The van der Waals surface area contributed by atoms with Crippen molar-refractivity contribution < 1.29 is 4.74 Å². The van der Waals surface area contributed by atoms with Crippen LogP contribution >= 0.6 is 0 Å². The summed E-state index contributed by atoms with van der Waals surface area (Å²) in [7, 11) is 2.16. The highest BCUT2D eigenvalue weighted by molar-refractivity contribution is 5.83. The van der Waals surface area contributed by atoms with Crippen molar-refractivity contribution in [3.05, 3.63) is 78.0 Å². The number of nitrogens with one attached hydrogen (secondary N) is 1. The number of pyridine rings is 1. The van der Waals surface area contributed by atoms with Gasteiger partial charge in [-0.1, -0.05) is 36.3 Å². The van der Waals surface area contributed by atoms with E-state index in [0.29, 0.717) is 35.0 Å². The highest BCUT2D eigenvalue weighted by Gasteiger charge is 2.14. The smallest absolute Gasteiger partial charge is 0.229 e. The van der Waals surface area contributed by atoms with Crippen molar-refractivity contribution in [2.24, 2.45) is 0 Å². The van der Waals surface area contributed by atoms with E-state index in [9.17, 15) is 0 Å². The van der Waals surface area contributed by atoms with Gasteiger partial charge in [0.05, 0.1) is 5.39 Å². The number of terminal acetylenes is 1. The summed E-state index contributed by atoms with van der Waals surface area (Å²) in [4.78, 5) is 18.3. The van der Waals surface area contributed by atoms with Crippen LogP contribution in [0.1, 0.15) is 11.1 Å². The van der Waals surface area contributed by atoms with Gasteiger partial charge < -0.3 is 19.9 Å². The molecule has 0 radical (unpaired) electrons. The second kappa shape index (κ2) is 9.77. The van der Waals surface area contributed by atoms with Crippen molar-refractivity contribution in [3.8, 4) is 18.2 Å². The lowest BCUT2D eigenvalue weighted by Crippen LogP contribution is -2.44. The van der Waals surface area contributed by atoms with E-state index in [1.54, 1.807) is 12.3 Å². The standard InChI is InChI=1S/C27H26N6O/c1-3-21-17-25(34-19-20-7-5-4-6-8-20)30-26-24(21)18-28-27(31-26)29-22-9-11-23(12-10-22)33-15-13-32(2)14-16-33/h1,4-12,17-18H,13-16,19H2,2H3,(H,28,29,30,31). The lowest BCUT2D eigenvalue weighted by molar-refractivity contribution is 0.295. The van der Waals surface area contributed by atoms with Crippen LogP contribution in [-0.4, -0.2) is 53.1 Å². The Morgan fingerprint density at radius 2 is 1.76 bits per heavy atom. The molecule has 0 aliphatic carbocycles. The van der Waals surface area contributed by atoms with E-state index >= 15 is 0 Å². The van der Waals surface area contributed by atoms with Gasteiger partial charge in [0, 0.05) is 55.4 Å². The molecule has 0 unspecified atom stereocenters. The van der Waals surface area contributed by atoms with Crippen LogP contribution in [0.5, 0.6) is 5.88 Å². The first-order valence-corrected chi connectivity index (χ1v) is 11.3. The van der Waals surface area contributed by atoms with Crippen LogP contribution in [0.25, 0.3) is 11.0 Å². The first-order valence-electron chi connectivity index (χ1n) is 11.3. The zero-order valence-electron chi connectivity index (χ0n) is 19.1. The van der Waals surface area contributed by atoms with E-state index in [2.05, 4.69) is 55.2 Å². The van der Waals surface area contributed by atoms with Crippen molar-refractivity contribution in [1.29, 1.82) is 0 Å². The normalized spacial score (nSPS) is 14.1. The molecule has 0 atom stereocenters. The molecule has 2 aromatic carbocycles. The van der Waals surface area contributed by atoms with Gasteiger partial charge >= 0.3 is 0 Å². The molecule has 0 bridgehead atoms. The van der Waals surface area contributed by atoms with Gasteiger partial charge in [-0.2, -0.15) is 9.97 Å². The van der Waals surface area contributed by atoms with Crippen LogP contribution in [0.2, 0.25) is 0 Å². The number of anilines is 3. The van der Waals surface area contributed by atoms with E-state index in [-0.39, 0.29) is 0 Å². The van der Waals surface area contributed by atoms with Crippen molar-refractivity contribution >= 4 is 28.4 Å². The predicted octanol–water partition coefficient (Wildman–Crippen LogP) is 4.08. The van der Waals surface area contributed by atoms with Crippen molar-refractivity contribution in [3.63, 3.8) is 0 Å². The fourth-order valence-corrected chi connectivity index (χ4v) is 3.92. The van der Waals surface area contributed by atoms with Gasteiger partial charge in [0.1, 0.15) is 6.61 Å². The van der Waals surface area contributed by atoms with E-state index < -0.39 is 0 Å². The third kappa shape index (κ3) is 4.92. The zero-order chi connectivity index (χ0) is 23.3. The van der Waals surface area contributed by atoms with Gasteiger partial charge in [-0.3, -0.25) is 0 Å². The van der Waals surface area contributed by atoms with Crippen LogP contribution in [-0.2, 0) is 6.61 Å². The van der Waals surface area contributed by atoms with Crippen molar-refractivity contribution in [2.75, 3.05) is 43.4 Å². The molecule has 1 fully saturated rings. The number of likely N-dealkylation sites (N-methyl/N-ethyl adjacent to an activating group) is 1. The average molecular weight is 451 g/mol. The van der Waals surface area contributed by atoms with Crippen molar-refractivity contribution in [2.45, 2.75) is 6.61 Å². The SMILES string of the molecule is C#Cc1cc(OCc2ccccc2)nc2nc(Nc3ccc(N4CCN(C)CC4)cc3)ncc12. The summed E-state index contributed by atoms with van der Waals surface area (Å²) in [6.45, 7) is 4.63. The Morgan fingerprint density at radius 1 is 1.00 bits per heavy atom. The maximum atomic E-state index is 5.88. The molecule has 2 aromatic heterocycles. The second-order valence-corrected chi connectivity index (χ2v) is 8.32. The number of rotatable bonds is 6. The summed E-state index contributed by atoms with van der Waals surface area (Å²) in [5.41, 5.74) is 4.32. The van der Waals surface area contributed by atoms with Crippen LogP contribution in [0.4, 0.5) is 17.3 Å². The number of aromatic nitrogens is 3. The molecule has 0 saturated carbocycles. The summed E-state index contributed by atoms with van der Waals surface area (Å²) < 4.78 is 5.88. The first-order chi connectivity index (χ1) is 16.7. The molecule has 7 heteroatoms. The Morgan fingerprint density at radius 3 is 2.50 bits per heavy atom. The molecule has 34 heavy (non-hydrogen) atoms. The first kappa shape index (κ1) is 21.7. The van der Waals surface area contributed by atoms with E-state index in [0.717, 1.165) is 37.4 Å². The predicted molar refractivity (Wildman–Crippen MR) is 135 cm³/mol. The lowest BCUT2D eigenvalue weighted by atomic mass is 10.2. The fourth-order valence-electron chi connectivity index (χ4n) is 3.92. The van der Waals surface area contributed by atoms with Crippen LogP contribution in [0.15, 0.2) is 66.9 Å². The summed E-state index contributed by atoms with van der Waals surface area (Å²) in [5.74, 6) is 3.58. The highest BCUT2D eigenvalue weighted by Crippen LogP contribution is 2.24. The Kier molecular flexibility index (Phi) is 6.23. The molecule has 3 heterocycles. The Balaban J connectivity index is 1.33. The lowest BCUT2D eigenvalue weighted by Gasteiger charge is -2.34. The van der Waals surface area contributed by atoms with Gasteiger partial charge in [0.15, 0.2) is 5.65 Å². The Hall–Kier alpha value is -4.15. The molecule has 1 aliphatic heterocycles. The molecular formula is C27H26N6O. The van der Waals surface area contributed by atoms with Gasteiger partial charge in [-0.15, -0.1) is 6.42 Å². The third-order valence-corrected chi connectivity index (χ3v) is 5.92. The maximum Gasteiger partial charge on any atom is 0.229 e. The van der Waals surface area contributed by atoms with E-state index in [1.807, 2.05) is 42.5 Å². The number of benzene rings is 2. The largest absolute Gasteiger partial charge is 0.473 e. The van der Waals surface area contributed by atoms with E-state index in [4.69, 9.17) is 11.2 Å². The molecule has 1 aliphatic rings. The molecule has 1 N–H and O–H groups in total. The summed E-state index contributed by atoms with van der Waals surface area (Å²) in [5, 5.41) is 3.98. The minimum Gasteiger partial charge on any atom is -0.473 e. The number of piperazine rings is 1. The second-order valence-electron chi connectivity index (χ2n) is 8.32. The fraction of sp³-hybridized carbons (Fsp3) is 0.222. The summed E-state index contributed by atoms with van der Waals surface area (Å²) in [6, 6.07) is 20.0. The summed E-state index contributed by atoms with van der Waals surface area (Å²) in [6.07, 6.45) is 7.43. The number of ether oxygens (including phenoxy) is 1. The minimum atomic E-state index is 0.402. The average Bonchev–Trinajstić information content (AvgIpc) is 2.88. The van der Waals surface area contributed by atoms with Gasteiger partial charge in [0.2, 0.25) is 11.8 Å². The molecule has 0 spiro atoms. The number of hydrogen-bond donors (Lipinski definition) is 1. The highest BCUT2D eigenvalue weighted by atomic mass is 16.5. The van der Waals surface area contributed by atoms with Crippen LogP contribution in [0, 0.1) is 12.3 Å². The quantitative estimate of drug-likeness (QED) is 0.444. The van der Waals surface area contributed by atoms with Crippen LogP contribution in [0.3, 0.4) is 0 Å². The zero-order valence-corrected chi connectivity index (χ0v) is 19.1. The molecule has 1 saturated heterocycles. The van der Waals surface area contributed by atoms with Gasteiger partial charge in [-0.25, -0.2) is 4.98 Å². The topological polar surface area (TPSA) is 66.4 Å². The molecule has 7 nitrogen and oxygen atoms in total. The van der Waals surface area contributed by atoms with Crippen molar-refractivity contribution in [1.82, 2.24) is 19.9 Å². The van der Waals surface area contributed by atoms with Gasteiger partial charge in [0.25, 0.3) is 0 Å². The van der Waals surface area contributed by atoms with E-state index in [1.165, 1.54) is 5.69 Å². The number of nitrogens with zero attached hydrogens (tertiary/aromatic N) is 5. The molecule has 4 aromatic rings. The Bertz CT molecular complexity index is 1310. The van der Waals surface area contributed by atoms with Crippen LogP contribution < -0.4 is 15.0 Å². The third-order valence-electron chi connectivity index (χ3n) is 5.92. The number of fused-ring (bicyclic) bond motifs is 1. The maximum absolute atomic E-state index is 5.88. The Labute approximate surface area is 199 Å². The monoisotopic (exact) mass is 450 g/mol. The number of hydrogen-bond acceptors (Lipinski definition) is 7. The minimum absolute atomic E-state index is 0.402. The van der Waals surface area contributed by atoms with Gasteiger partial charge in [-0.05, 0) is 36.9 Å². The summed E-state index contributed by atoms with van der Waals surface area (Å²) >= 11 is 0. The molecule has 170 valence electrons. The molecule has 5 rings (SSSR count). The molecular weight excluding hydrogens is 424 g/mol. The molecule has 0 amide bonds.